The summed E-state index contributed by atoms with van der Waals surface area (Å²) in [6.07, 6.45) is -0.201. The van der Waals surface area contributed by atoms with Gasteiger partial charge in [-0.15, -0.1) is 0 Å². The Bertz CT molecular complexity index is 1500. The lowest BCUT2D eigenvalue weighted by Crippen LogP contribution is -2.55. The lowest BCUT2D eigenvalue weighted by Gasteiger charge is -2.34. The van der Waals surface area contributed by atoms with Crippen molar-refractivity contribution in [2.24, 2.45) is 17.1 Å². The lowest BCUT2D eigenvalue weighted by molar-refractivity contribution is -0.137. The second kappa shape index (κ2) is 12.4. The van der Waals surface area contributed by atoms with E-state index in [1.807, 2.05) is 93.6 Å². The maximum atomic E-state index is 13.9. The van der Waals surface area contributed by atoms with E-state index in [1.165, 1.54) is 0 Å². The summed E-state index contributed by atoms with van der Waals surface area (Å²) < 4.78 is 5.24. The Balaban J connectivity index is 1.32. The minimum Gasteiger partial charge on any atom is -0.445 e. The number of anilines is 1. The highest BCUT2D eigenvalue weighted by molar-refractivity contribution is 6.03. The molecule has 4 N–H and O–H groups in total. The van der Waals surface area contributed by atoms with Gasteiger partial charge in [-0.05, 0) is 28.9 Å². The molecule has 2 saturated heterocycles. The van der Waals surface area contributed by atoms with E-state index in [1.54, 1.807) is 9.80 Å². The van der Waals surface area contributed by atoms with Crippen molar-refractivity contribution in [2.75, 3.05) is 25.0 Å². The molecule has 2 aliphatic rings. The van der Waals surface area contributed by atoms with Gasteiger partial charge >= 0.3 is 6.09 Å². The number of amides is 4. The topological polar surface area (TPSA) is 134 Å². The predicted octanol–water partition coefficient (Wildman–Crippen LogP) is 3.51. The summed E-state index contributed by atoms with van der Waals surface area (Å²) in [5, 5.41) is 7.48. The van der Waals surface area contributed by atoms with E-state index in [4.69, 9.17) is 10.5 Å². The first kappa shape index (κ1) is 30.0. The molecule has 0 radical (unpaired) electrons. The fraction of sp³-hybridized carbons (Fsp3) is 0.394. The van der Waals surface area contributed by atoms with Gasteiger partial charge in [0.05, 0.1) is 24.0 Å². The van der Waals surface area contributed by atoms with Gasteiger partial charge in [0.15, 0.2) is 0 Å². The van der Waals surface area contributed by atoms with Crippen molar-refractivity contribution in [1.82, 2.24) is 15.1 Å². The zero-order valence-corrected chi connectivity index (χ0v) is 24.8. The Morgan fingerprint density at radius 3 is 2.40 bits per heavy atom. The summed E-state index contributed by atoms with van der Waals surface area (Å²) >= 11 is 0. The molecule has 0 saturated carbocycles. The van der Waals surface area contributed by atoms with Crippen LogP contribution in [0.5, 0.6) is 0 Å². The van der Waals surface area contributed by atoms with Gasteiger partial charge < -0.3 is 30.9 Å². The molecule has 0 bridgehead atoms. The van der Waals surface area contributed by atoms with Crippen LogP contribution in [0.15, 0.2) is 72.8 Å². The largest absolute Gasteiger partial charge is 0.445 e. The number of nitrogens with two attached hydrogens (primary N) is 1. The third-order valence-corrected chi connectivity index (χ3v) is 8.41. The van der Waals surface area contributed by atoms with E-state index in [9.17, 15) is 19.2 Å². The van der Waals surface area contributed by atoms with Crippen LogP contribution in [0.2, 0.25) is 0 Å². The minimum atomic E-state index is -0.765. The summed E-state index contributed by atoms with van der Waals surface area (Å²) in [7, 11) is 0. The third kappa shape index (κ3) is 6.49. The summed E-state index contributed by atoms with van der Waals surface area (Å²) in [6.45, 7) is 6.00. The number of rotatable bonds is 7. The van der Waals surface area contributed by atoms with Crippen LogP contribution < -0.4 is 16.4 Å². The fourth-order valence-electron chi connectivity index (χ4n) is 5.99. The van der Waals surface area contributed by atoms with Crippen molar-refractivity contribution in [3.8, 4) is 0 Å². The quantitative estimate of drug-likeness (QED) is 0.389. The molecule has 5 rings (SSSR count). The first-order valence-corrected chi connectivity index (χ1v) is 14.6. The number of carbonyl (C=O) groups excluding carboxylic acids is 4. The molecule has 10 heteroatoms. The second-order valence-corrected chi connectivity index (χ2v) is 12.3. The minimum absolute atomic E-state index is 0.0802. The molecule has 2 aliphatic heterocycles. The summed E-state index contributed by atoms with van der Waals surface area (Å²) in [5.41, 5.74) is 7.39. The molecule has 4 atom stereocenters. The maximum absolute atomic E-state index is 13.9. The van der Waals surface area contributed by atoms with E-state index >= 15 is 0 Å². The third-order valence-electron chi connectivity index (χ3n) is 8.41. The molecule has 2 fully saturated rings. The Morgan fingerprint density at radius 2 is 1.65 bits per heavy atom. The van der Waals surface area contributed by atoms with Crippen LogP contribution in [0.1, 0.15) is 32.8 Å². The summed E-state index contributed by atoms with van der Waals surface area (Å²) in [6, 6.07) is 21.0. The zero-order chi connectivity index (χ0) is 30.7. The number of ether oxygens (including phenoxy) is 1. The first-order chi connectivity index (χ1) is 20.5. The molecule has 0 aromatic heterocycles. The van der Waals surface area contributed by atoms with Crippen LogP contribution in [0, 0.1) is 11.3 Å². The molecule has 10 nitrogen and oxygen atoms in total. The molecule has 0 spiro atoms. The highest BCUT2D eigenvalue weighted by Crippen LogP contribution is 2.38. The molecule has 2 heterocycles. The van der Waals surface area contributed by atoms with E-state index in [0.29, 0.717) is 18.7 Å². The van der Waals surface area contributed by atoms with Crippen LogP contribution in [0.25, 0.3) is 10.8 Å². The van der Waals surface area contributed by atoms with Crippen molar-refractivity contribution < 1.29 is 23.9 Å². The molecule has 226 valence electrons. The van der Waals surface area contributed by atoms with Crippen molar-refractivity contribution in [3.05, 3.63) is 78.4 Å². The summed E-state index contributed by atoms with van der Waals surface area (Å²) in [5.74, 6) is -1.54. The van der Waals surface area contributed by atoms with Gasteiger partial charge in [-0.1, -0.05) is 87.5 Å². The van der Waals surface area contributed by atoms with Crippen LogP contribution >= 0.6 is 0 Å². The number of nitrogens with zero attached hydrogens (tertiary/aromatic N) is 2. The van der Waals surface area contributed by atoms with Crippen LogP contribution in [0.3, 0.4) is 0 Å². The molecular formula is C33H39N5O5. The average molecular weight is 586 g/mol. The van der Waals surface area contributed by atoms with Gasteiger partial charge in [-0.3, -0.25) is 14.4 Å². The molecule has 3 aromatic carbocycles. The van der Waals surface area contributed by atoms with Crippen LogP contribution in [0.4, 0.5) is 10.5 Å². The Kier molecular flexibility index (Phi) is 8.68. The number of alkyl carbamates (subject to hydrolysis) is 1. The number of nitrogens with one attached hydrogen (secondary N) is 2. The van der Waals surface area contributed by atoms with Crippen LogP contribution in [-0.4, -0.2) is 71.4 Å². The second-order valence-electron chi connectivity index (χ2n) is 12.3. The monoisotopic (exact) mass is 585 g/mol. The smallest absolute Gasteiger partial charge is 0.407 e. The van der Waals surface area contributed by atoms with E-state index < -0.39 is 29.5 Å². The van der Waals surface area contributed by atoms with E-state index in [0.717, 1.165) is 16.3 Å². The number of fused-ring (bicyclic) bond motifs is 2. The van der Waals surface area contributed by atoms with Crippen LogP contribution in [-0.2, 0) is 25.7 Å². The van der Waals surface area contributed by atoms with Gasteiger partial charge in [0, 0.05) is 24.2 Å². The van der Waals surface area contributed by atoms with Crippen molar-refractivity contribution >= 4 is 40.3 Å². The number of benzene rings is 3. The number of hydrogen-bond donors (Lipinski definition) is 3. The number of hydrogen-bond acceptors (Lipinski definition) is 6. The Morgan fingerprint density at radius 1 is 0.953 bits per heavy atom. The molecule has 0 aliphatic carbocycles. The van der Waals surface area contributed by atoms with Crippen molar-refractivity contribution in [3.63, 3.8) is 0 Å². The molecule has 4 amide bonds. The molecule has 3 aromatic rings. The molecular weight excluding hydrogens is 546 g/mol. The normalized spacial score (nSPS) is 20.4. The maximum Gasteiger partial charge on any atom is 0.407 e. The van der Waals surface area contributed by atoms with Gasteiger partial charge in [-0.25, -0.2) is 4.79 Å². The van der Waals surface area contributed by atoms with Gasteiger partial charge in [0.25, 0.3) is 0 Å². The highest BCUT2D eigenvalue weighted by atomic mass is 16.5. The Hall–Kier alpha value is -4.44. The SMILES string of the molecule is CC(C)(C)[C@H](N)C(=O)N1CC[C@@H]2[C@H]1[C@@H](C(=O)Nc1cccc3ccccc13)CN2C(=O)CNC(=O)OCc1ccccc1. The highest BCUT2D eigenvalue weighted by Gasteiger charge is 2.55. The standard InChI is InChI=1S/C33H39N5O5/c1-33(2,3)29(34)31(41)37-17-16-26-28(37)24(30(40)36-25-15-9-13-22-12-7-8-14-23(22)25)19-38(26)27(39)18-35-32(42)43-20-21-10-5-4-6-11-21/h4-15,24,26,28-29H,16-20,34H2,1-3H3,(H,35,42)(H,36,40)/t24-,26+,28+,29+/m0/s1. The Labute approximate surface area is 251 Å². The predicted molar refractivity (Wildman–Crippen MR) is 164 cm³/mol. The first-order valence-electron chi connectivity index (χ1n) is 14.6. The van der Waals surface area contributed by atoms with Gasteiger partial charge in [0.2, 0.25) is 17.7 Å². The lowest BCUT2D eigenvalue weighted by atomic mass is 9.86. The van der Waals surface area contributed by atoms with E-state index in [2.05, 4.69) is 10.6 Å². The zero-order valence-electron chi connectivity index (χ0n) is 24.8. The van der Waals surface area contributed by atoms with Crippen molar-refractivity contribution in [1.29, 1.82) is 0 Å². The van der Waals surface area contributed by atoms with Gasteiger partial charge in [-0.2, -0.15) is 0 Å². The number of likely N-dealkylation sites (tertiary alicyclic amines) is 2. The average Bonchev–Trinajstić information content (AvgIpc) is 3.59. The van der Waals surface area contributed by atoms with Crippen molar-refractivity contribution in [2.45, 2.75) is 51.9 Å². The summed E-state index contributed by atoms with van der Waals surface area (Å²) in [4.78, 5) is 56.5. The fourth-order valence-corrected chi connectivity index (χ4v) is 5.99. The molecule has 43 heavy (non-hydrogen) atoms. The molecule has 0 unspecified atom stereocenters. The van der Waals surface area contributed by atoms with Gasteiger partial charge in [0.1, 0.15) is 13.2 Å². The number of carbonyl (C=O) groups is 4. The van der Waals surface area contributed by atoms with E-state index in [-0.39, 0.29) is 43.5 Å².